The number of Topliss-reactive ketones (excluding diaryl/α,β-unsaturated/α-hetero) is 1. The molecule has 1 saturated heterocycles. The number of ether oxygens (including phenoxy) is 1. The maximum atomic E-state index is 13.6. The van der Waals surface area contributed by atoms with E-state index in [1.807, 2.05) is 11.4 Å². The van der Waals surface area contributed by atoms with Crippen molar-refractivity contribution >= 4 is 23.6 Å². The molecule has 1 fully saturated rings. The van der Waals surface area contributed by atoms with Gasteiger partial charge in [0.1, 0.15) is 5.78 Å². The van der Waals surface area contributed by atoms with Gasteiger partial charge in [0, 0.05) is 6.42 Å². The number of alkyl halides is 3. The number of benzene rings is 1. The molecular formula is C31H41F3LiNO3S-2. The van der Waals surface area contributed by atoms with Gasteiger partial charge in [-0.1, -0.05) is 24.5 Å². The van der Waals surface area contributed by atoms with Crippen LogP contribution in [0.3, 0.4) is 0 Å². The number of hydrogen-bond acceptors (Lipinski definition) is 5. The Kier molecular flexibility index (Phi) is 15.1. The quantitative estimate of drug-likeness (QED) is 0.255. The summed E-state index contributed by atoms with van der Waals surface area (Å²) in [6.45, 7) is 16.5. The molecule has 2 aromatic rings. The number of rotatable bonds is 8. The third-order valence-electron chi connectivity index (χ3n) is 6.76. The largest absolute Gasteiger partial charge is 1.00 e. The topological polar surface area (TPSA) is 46.6 Å². The average molecular weight is 572 g/mol. The second-order valence-electron chi connectivity index (χ2n) is 11.1. The molecule has 1 aliphatic rings. The molecule has 218 valence electrons. The summed E-state index contributed by atoms with van der Waals surface area (Å²) < 4.78 is 45.2. The van der Waals surface area contributed by atoms with Gasteiger partial charge in [-0.2, -0.15) is 30.1 Å². The molecule has 0 amide bonds. The van der Waals surface area contributed by atoms with Crippen molar-refractivity contribution < 1.29 is 46.4 Å². The van der Waals surface area contributed by atoms with E-state index in [2.05, 4.69) is 30.5 Å². The monoisotopic (exact) mass is 571 g/mol. The minimum Gasteiger partial charge on any atom is -0.649 e. The number of nitrogens with zero attached hydrogens (tertiary/aromatic N) is 1. The Morgan fingerprint density at radius 1 is 1.15 bits per heavy atom. The Bertz CT molecular complexity index is 1080. The first-order valence-corrected chi connectivity index (χ1v) is 14.3. The number of hydrogen-bond donors (Lipinski definition) is 0. The van der Waals surface area contributed by atoms with Crippen LogP contribution in [0, 0.1) is 13.8 Å². The number of ketones is 1. The van der Waals surface area contributed by atoms with Crippen LogP contribution < -0.4 is 18.9 Å². The molecule has 4 nitrogen and oxygen atoms in total. The van der Waals surface area contributed by atoms with Gasteiger partial charge in [-0.25, -0.2) is 13.3 Å². The third-order valence-corrected chi connectivity index (χ3v) is 7.65. The van der Waals surface area contributed by atoms with Gasteiger partial charge in [0.2, 0.25) is 0 Å². The van der Waals surface area contributed by atoms with Crippen LogP contribution in [0.15, 0.2) is 23.6 Å². The smallest absolute Gasteiger partial charge is 0.649 e. The summed E-state index contributed by atoms with van der Waals surface area (Å²) in [6, 6.07) is 4.53. The van der Waals surface area contributed by atoms with Crippen molar-refractivity contribution in [3.8, 4) is 0 Å². The fourth-order valence-electron chi connectivity index (χ4n) is 4.64. The first kappa shape index (κ1) is 36.3. The number of aryl methyl sites for hydroxylation is 1. The minimum atomic E-state index is -4.37. The number of carbonyl (C=O) groups is 1. The van der Waals surface area contributed by atoms with Gasteiger partial charge in [0.15, 0.2) is 0 Å². The molecule has 1 aliphatic heterocycles. The van der Waals surface area contributed by atoms with Crippen molar-refractivity contribution in [2.24, 2.45) is 0 Å². The Morgan fingerprint density at radius 3 is 2.42 bits per heavy atom. The zero-order valence-electron chi connectivity index (χ0n) is 24.6. The summed E-state index contributed by atoms with van der Waals surface area (Å²) in [6.07, 6.45) is 1.32. The SMILES string of the molecule is CC(C)(C)O[C-]=O.[CH2-]Cc1c(C(=O)CCCc2cc(C3CCCCN(C)CC3)cc(C(F)(F)F)c2)csc1[CH2-].[Li+]. The van der Waals surface area contributed by atoms with E-state index in [-0.39, 0.29) is 36.2 Å². The van der Waals surface area contributed by atoms with E-state index in [1.165, 1.54) is 29.9 Å². The van der Waals surface area contributed by atoms with E-state index in [4.69, 9.17) is 0 Å². The van der Waals surface area contributed by atoms with E-state index >= 15 is 0 Å². The first-order valence-electron chi connectivity index (χ1n) is 13.4. The second kappa shape index (κ2) is 16.7. The molecule has 40 heavy (non-hydrogen) atoms. The molecule has 1 unspecified atom stereocenters. The number of thiophene rings is 1. The summed E-state index contributed by atoms with van der Waals surface area (Å²) in [4.78, 5) is 25.2. The Hall–Kier alpha value is -1.72. The second-order valence-corrected chi connectivity index (χ2v) is 12.1. The van der Waals surface area contributed by atoms with Crippen LogP contribution in [-0.2, 0) is 28.5 Å². The molecule has 0 saturated carbocycles. The van der Waals surface area contributed by atoms with Crippen molar-refractivity contribution in [2.45, 2.75) is 89.8 Å². The molecule has 9 heteroatoms. The predicted molar refractivity (Wildman–Crippen MR) is 152 cm³/mol. The van der Waals surface area contributed by atoms with Gasteiger partial charge in [0.25, 0.3) is 0 Å². The van der Waals surface area contributed by atoms with Gasteiger partial charge < -0.3 is 21.4 Å². The third kappa shape index (κ3) is 12.0. The van der Waals surface area contributed by atoms with Gasteiger partial charge in [0.05, 0.1) is 11.2 Å². The van der Waals surface area contributed by atoms with Crippen molar-refractivity contribution in [1.29, 1.82) is 0 Å². The molecule has 0 spiro atoms. The van der Waals surface area contributed by atoms with Crippen LogP contribution in [-0.4, -0.2) is 42.9 Å². The van der Waals surface area contributed by atoms with Crippen molar-refractivity contribution in [3.05, 3.63) is 70.1 Å². The van der Waals surface area contributed by atoms with Gasteiger partial charge in [-0.05, 0) is 108 Å². The average Bonchev–Trinajstić information content (AvgIpc) is 3.21. The molecule has 0 N–H and O–H groups in total. The van der Waals surface area contributed by atoms with Gasteiger partial charge in [-0.15, -0.1) is 4.88 Å². The Balaban J connectivity index is 0.000000886. The van der Waals surface area contributed by atoms with Crippen LogP contribution in [0.1, 0.15) is 103 Å². The number of halogens is 3. The number of likely N-dealkylation sites (tertiary alicyclic amines) is 1. The van der Waals surface area contributed by atoms with E-state index in [0.717, 1.165) is 54.8 Å². The summed E-state index contributed by atoms with van der Waals surface area (Å²) in [5.41, 5.74) is 2.05. The molecule has 1 aromatic heterocycles. The predicted octanol–water partition coefficient (Wildman–Crippen LogP) is 4.99. The summed E-state index contributed by atoms with van der Waals surface area (Å²) in [7, 11) is 2.07. The summed E-state index contributed by atoms with van der Waals surface area (Å²) in [5.74, 6) is 0.159. The van der Waals surface area contributed by atoms with Gasteiger partial charge in [-0.3, -0.25) is 4.79 Å². The molecule has 1 aromatic carbocycles. The van der Waals surface area contributed by atoms with Crippen LogP contribution >= 0.6 is 11.3 Å². The van der Waals surface area contributed by atoms with E-state index < -0.39 is 11.7 Å². The summed E-state index contributed by atoms with van der Waals surface area (Å²) in [5, 5.41) is 1.82. The Morgan fingerprint density at radius 2 is 1.85 bits per heavy atom. The van der Waals surface area contributed by atoms with Crippen molar-refractivity contribution in [1.82, 2.24) is 4.90 Å². The zero-order chi connectivity index (χ0) is 29.2. The van der Waals surface area contributed by atoms with Crippen LogP contribution in [0.2, 0.25) is 0 Å². The van der Waals surface area contributed by atoms with Crippen molar-refractivity contribution in [3.63, 3.8) is 0 Å². The molecule has 0 radical (unpaired) electrons. The maximum Gasteiger partial charge on any atom is 1.00 e. The number of carbonyl (C=O) groups excluding carboxylic acids is 2. The molecular weight excluding hydrogens is 530 g/mol. The first-order chi connectivity index (χ1) is 18.2. The maximum absolute atomic E-state index is 13.6. The van der Waals surface area contributed by atoms with Gasteiger partial charge >= 0.3 is 25.0 Å². The fraction of sp³-hybridized carbons (Fsp3) is 0.548. The molecule has 0 aliphatic carbocycles. The van der Waals surface area contributed by atoms with E-state index in [9.17, 15) is 22.8 Å². The van der Waals surface area contributed by atoms with Crippen LogP contribution in [0.4, 0.5) is 13.2 Å². The molecule has 1 atom stereocenters. The molecule has 3 rings (SSSR count). The summed E-state index contributed by atoms with van der Waals surface area (Å²) >= 11 is 1.44. The Labute approximate surface area is 254 Å². The van der Waals surface area contributed by atoms with Crippen LogP contribution in [0.5, 0.6) is 0 Å². The minimum absolute atomic E-state index is 0. The fourth-order valence-corrected chi connectivity index (χ4v) is 5.53. The van der Waals surface area contributed by atoms with Crippen molar-refractivity contribution in [2.75, 3.05) is 20.1 Å². The molecule has 2 heterocycles. The standard InChI is InChI=1S/C26H32F3NOS.C5H9O2.Li/c1-4-23-18(2)32-17-24(23)25(31)10-7-8-19-14-21(16-22(15-19)26(27,28)29)20-9-5-6-12-30(3)13-11-20;1-5(2,3)7-4-6;/h14-17,20H,1-2,4-13H2,3H3;1-3H3;/q-2;-1;+1. The van der Waals surface area contributed by atoms with E-state index in [0.29, 0.717) is 36.8 Å². The zero-order valence-corrected chi connectivity index (χ0v) is 25.4. The molecule has 0 bridgehead atoms. The normalized spacial score (nSPS) is 16.6. The van der Waals surface area contributed by atoms with Crippen LogP contribution in [0.25, 0.3) is 0 Å². The van der Waals surface area contributed by atoms with E-state index in [1.54, 1.807) is 20.8 Å².